The fourth-order valence-corrected chi connectivity index (χ4v) is 3.02. The van der Waals surface area contributed by atoms with E-state index in [1.807, 2.05) is 18.0 Å². The van der Waals surface area contributed by atoms with Gasteiger partial charge in [0.05, 0.1) is 0 Å². The summed E-state index contributed by atoms with van der Waals surface area (Å²) in [5.74, 6) is -0.493. The van der Waals surface area contributed by atoms with Crippen molar-refractivity contribution in [1.29, 1.82) is 0 Å². The fourth-order valence-electron chi connectivity index (χ4n) is 2.19. The molecule has 106 valence electrons. The van der Waals surface area contributed by atoms with Crippen molar-refractivity contribution in [3.8, 4) is 0 Å². The number of anilines is 1. The van der Waals surface area contributed by atoms with Gasteiger partial charge in [-0.05, 0) is 43.5 Å². The molecular formula is C16H18FNOS. The third-order valence-corrected chi connectivity index (χ3v) is 4.35. The molecule has 0 spiro atoms. The highest BCUT2D eigenvalue weighted by molar-refractivity contribution is 7.09. The van der Waals surface area contributed by atoms with Crippen LogP contribution < -0.4 is 4.90 Å². The van der Waals surface area contributed by atoms with Gasteiger partial charge in [0, 0.05) is 35.6 Å². The second kappa shape index (κ2) is 6.18. The molecule has 20 heavy (non-hydrogen) atoms. The zero-order valence-electron chi connectivity index (χ0n) is 11.9. The normalized spacial score (nSPS) is 12.2. The lowest BCUT2D eigenvalue weighted by Crippen LogP contribution is -2.31. The summed E-state index contributed by atoms with van der Waals surface area (Å²) < 4.78 is 13.3. The second-order valence-electron chi connectivity index (χ2n) is 4.96. The van der Waals surface area contributed by atoms with E-state index in [9.17, 15) is 9.18 Å². The summed E-state index contributed by atoms with van der Waals surface area (Å²) in [6.07, 6.45) is 0.906. The predicted octanol–water partition coefficient (Wildman–Crippen LogP) is 4.16. The molecule has 0 aliphatic carbocycles. The van der Waals surface area contributed by atoms with Crippen molar-refractivity contribution in [2.24, 2.45) is 0 Å². The molecule has 0 saturated carbocycles. The van der Waals surface area contributed by atoms with Gasteiger partial charge >= 0.3 is 0 Å². The summed E-state index contributed by atoms with van der Waals surface area (Å²) in [7, 11) is 1.94. The van der Waals surface area contributed by atoms with Crippen LogP contribution in [0.3, 0.4) is 0 Å². The van der Waals surface area contributed by atoms with E-state index in [0.29, 0.717) is 5.56 Å². The Morgan fingerprint density at radius 3 is 2.75 bits per heavy atom. The first kappa shape index (κ1) is 14.7. The summed E-state index contributed by atoms with van der Waals surface area (Å²) in [6.45, 7) is 3.57. The standard InChI is InChI=1S/C16H18FNOS/c1-11(9-14-5-4-8-20-14)18(3)16-7-6-13(17)10-15(16)12(2)19/h4-8,10-11H,9H2,1-3H3. The van der Waals surface area contributed by atoms with Gasteiger partial charge in [0.1, 0.15) is 5.82 Å². The van der Waals surface area contributed by atoms with Gasteiger partial charge in [-0.15, -0.1) is 11.3 Å². The van der Waals surface area contributed by atoms with Crippen LogP contribution in [0.1, 0.15) is 29.1 Å². The minimum absolute atomic E-state index is 0.116. The molecule has 4 heteroatoms. The maximum Gasteiger partial charge on any atom is 0.161 e. The number of hydrogen-bond acceptors (Lipinski definition) is 3. The Morgan fingerprint density at radius 1 is 1.40 bits per heavy atom. The van der Waals surface area contributed by atoms with Crippen LogP contribution >= 0.6 is 11.3 Å². The van der Waals surface area contributed by atoms with Gasteiger partial charge in [0.15, 0.2) is 5.78 Å². The van der Waals surface area contributed by atoms with Crippen LogP contribution in [0.4, 0.5) is 10.1 Å². The van der Waals surface area contributed by atoms with Crippen molar-refractivity contribution in [2.45, 2.75) is 26.3 Å². The Kier molecular flexibility index (Phi) is 4.55. The van der Waals surface area contributed by atoms with Crippen molar-refractivity contribution >= 4 is 22.8 Å². The first-order valence-electron chi connectivity index (χ1n) is 6.54. The monoisotopic (exact) mass is 291 g/mol. The molecule has 0 saturated heterocycles. The molecule has 0 aliphatic rings. The SMILES string of the molecule is CC(=O)c1cc(F)ccc1N(C)C(C)Cc1cccs1. The first-order valence-corrected chi connectivity index (χ1v) is 7.42. The number of hydrogen-bond donors (Lipinski definition) is 0. The second-order valence-corrected chi connectivity index (χ2v) is 5.99. The summed E-state index contributed by atoms with van der Waals surface area (Å²) in [4.78, 5) is 15.0. The van der Waals surface area contributed by atoms with Crippen LogP contribution in [-0.4, -0.2) is 18.9 Å². The molecule has 1 aromatic carbocycles. The number of carbonyl (C=O) groups excluding carboxylic acids is 1. The number of rotatable bonds is 5. The van der Waals surface area contributed by atoms with E-state index in [1.165, 1.54) is 23.9 Å². The molecule has 1 atom stereocenters. The van der Waals surface area contributed by atoms with Gasteiger partial charge in [-0.2, -0.15) is 0 Å². The van der Waals surface area contributed by atoms with Crippen LogP contribution in [0.2, 0.25) is 0 Å². The van der Waals surface area contributed by atoms with E-state index in [4.69, 9.17) is 0 Å². The molecule has 0 fully saturated rings. The van der Waals surface area contributed by atoms with Gasteiger partial charge in [0.2, 0.25) is 0 Å². The number of thiophene rings is 1. The summed E-state index contributed by atoms with van der Waals surface area (Å²) >= 11 is 1.72. The third kappa shape index (κ3) is 3.25. The average molecular weight is 291 g/mol. The van der Waals surface area contributed by atoms with Gasteiger partial charge in [-0.3, -0.25) is 4.79 Å². The van der Waals surface area contributed by atoms with Crippen LogP contribution in [0.25, 0.3) is 0 Å². The maximum atomic E-state index is 13.3. The average Bonchev–Trinajstić information content (AvgIpc) is 2.90. The number of carbonyl (C=O) groups is 1. The van der Waals surface area contributed by atoms with Crippen LogP contribution in [0.15, 0.2) is 35.7 Å². The molecule has 2 nitrogen and oxygen atoms in total. The van der Waals surface area contributed by atoms with E-state index >= 15 is 0 Å². The quantitative estimate of drug-likeness (QED) is 0.771. The minimum Gasteiger partial charge on any atom is -0.371 e. The highest BCUT2D eigenvalue weighted by atomic mass is 32.1. The highest BCUT2D eigenvalue weighted by Gasteiger charge is 2.17. The number of Topliss-reactive ketones (excluding diaryl/α,β-unsaturated/α-hetero) is 1. The first-order chi connectivity index (χ1) is 9.49. The number of benzene rings is 1. The van der Waals surface area contributed by atoms with E-state index in [0.717, 1.165) is 12.1 Å². The fraction of sp³-hybridized carbons (Fsp3) is 0.312. The van der Waals surface area contributed by atoms with Crippen molar-refractivity contribution in [1.82, 2.24) is 0 Å². The maximum absolute atomic E-state index is 13.3. The number of nitrogens with zero attached hydrogens (tertiary/aromatic N) is 1. The molecular weight excluding hydrogens is 273 g/mol. The van der Waals surface area contributed by atoms with Crippen molar-refractivity contribution in [3.63, 3.8) is 0 Å². The van der Waals surface area contributed by atoms with Crippen LogP contribution in [0.5, 0.6) is 0 Å². The van der Waals surface area contributed by atoms with Crippen LogP contribution in [0, 0.1) is 5.82 Å². The minimum atomic E-state index is -0.377. The van der Waals surface area contributed by atoms with Crippen LogP contribution in [-0.2, 0) is 6.42 Å². The van der Waals surface area contributed by atoms with Crippen molar-refractivity contribution in [3.05, 3.63) is 52.0 Å². The Morgan fingerprint density at radius 2 is 2.15 bits per heavy atom. The number of likely N-dealkylation sites (N-methyl/N-ethyl adjacent to an activating group) is 1. The van der Waals surface area contributed by atoms with Crippen molar-refractivity contribution in [2.75, 3.05) is 11.9 Å². The summed E-state index contributed by atoms with van der Waals surface area (Å²) in [5, 5.41) is 2.06. The largest absolute Gasteiger partial charge is 0.371 e. The predicted molar refractivity (Wildman–Crippen MR) is 82.3 cm³/mol. The Hall–Kier alpha value is -1.68. The topological polar surface area (TPSA) is 20.3 Å². The van der Waals surface area contributed by atoms with E-state index < -0.39 is 0 Å². The van der Waals surface area contributed by atoms with Gasteiger partial charge in [-0.1, -0.05) is 6.07 Å². The van der Waals surface area contributed by atoms with Gasteiger partial charge in [0.25, 0.3) is 0 Å². The molecule has 2 rings (SSSR count). The lowest BCUT2D eigenvalue weighted by molar-refractivity contribution is 0.101. The number of ketones is 1. The van der Waals surface area contributed by atoms with Gasteiger partial charge in [-0.25, -0.2) is 4.39 Å². The van der Waals surface area contributed by atoms with E-state index in [-0.39, 0.29) is 17.6 Å². The van der Waals surface area contributed by atoms with Gasteiger partial charge < -0.3 is 4.90 Å². The Labute approximate surface area is 122 Å². The molecule has 1 heterocycles. The lowest BCUT2D eigenvalue weighted by atomic mass is 10.1. The molecule has 0 bridgehead atoms. The zero-order valence-corrected chi connectivity index (χ0v) is 12.7. The van der Waals surface area contributed by atoms with E-state index in [2.05, 4.69) is 18.4 Å². The molecule has 1 aromatic heterocycles. The Bertz CT molecular complexity index is 595. The molecule has 0 N–H and O–H groups in total. The Balaban J connectivity index is 2.24. The molecule has 2 aromatic rings. The molecule has 0 aliphatic heterocycles. The lowest BCUT2D eigenvalue weighted by Gasteiger charge is -2.28. The summed E-state index contributed by atoms with van der Waals surface area (Å²) in [6, 6.07) is 8.76. The molecule has 0 amide bonds. The smallest absolute Gasteiger partial charge is 0.161 e. The summed E-state index contributed by atoms with van der Waals surface area (Å²) in [5.41, 5.74) is 1.22. The highest BCUT2D eigenvalue weighted by Crippen LogP contribution is 2.24. The van der Waals surface area contributed by atoms with E-state index in [1.54, 1.807) is 17.4 Å². The third-order valence-electron chi connectivity index (χ3n) is 3.46. The molecule has 1 unspecified atom stereocenters. The molecule has 0 radical (unpaired) electrons. The van der Waals surface area contributed by atoms with Crippen molar-refractivity contribution < 1.29 is 9.18 Å². The number of halogens is 1. The zero-order chi connectivity index (χ0) is 14.7.